The van der Waals surface area contributed by atoms with Gasteiger partial charge in [-0.05, 0) is 0 Å². The quantitative estimate of drug-likeness (QED) is 0.406. The zero-order valence-electron chi connectivity index (χ0n) is 8.37. The van der Waals surface area contributed by atoms with Crippen molar-refractivity contribution in [1.29, 1.82) is 0 Å². The third-order valence-electron chi connectivity index (χ3n) is 2.41. The normalized spacial score (nSPS) is 21.2. The predicted molar refractivity (Wildman–Crippen MR) is 58.6 cm³/mol. The summed E-state index contributed by atoms with van der Waals surface area (Å²) in [6.07, 6.45) is 2.34. The molecule has 3 nitrogen and oxygen atoms in total. The second-order valence-corrected chi connectivity index (χ2v) is 3.56. The Morgan fingerprint density at radius 1 is 1.53 bits per heavy atom. The first-order chi connectivity index (χ1) is 7.40. The van der Waals surface area contributed by atoms with E-state index in [-0.39, 0.29) is 12.1 Å². The van der Waals surface area contributed by atoms with E-state index in [0.29, 0.717) is 7.15 Å². The summed E-state index contributed by atoms with van der Waals surface area (Å²) in [5, 5.41) is 0. The van der Waals surface area contributed by atoms with Crippen LogP contribution < -0.4 is 0 Å². The first-order valence-electron chi connectivity index (χ1n) is 5.02. The van der Waals surface area contributed by atoms with E-state index >= 15 is 0 Å². The number of aliphatic imine (C=N–C) groups is 1. The summed E-state index contributed by atoms with van der Waals surface area (Å²) >= 11 is 0. The van der Waals surface area contributed by atoms with E-state index in [2.05, 4.69) is 17.1 Å². The molecule has 1 fully saturated rings. The summed E-state index contributed by atoms with van der Waals surface area (Å²) < 4.78 is 15.4. The number of hydrogen-bond acceptors (Lipinski definition) is 3. The fourth-order valence-corrected chi connectivity index (χ4v) is 1.56. The fraction of sp³-hybridized carbons (Fsp3) is 0.364. The summed E-state index contributed by atoms with van der Waals surface area (Å²) in [6.45, 7) is 0.758. The minimum absolute atomic E-state index is 0.0811. The van der Waals surface area contributed by atoms with Gasteiger partial charge in [0.25, 0.3) is 0 Å². The molecule has 2 atom stereocenters. The average Bonchev–Trinajstić information content (AvgIpc) is 3.09. The number of hydrogen-bond donors (Lipinski definition) is 0. The Balaban J connectivity index is 2.00. The van der Waals surface area contributed by atoms with Crippen LogP contribution in [0, 0.1) is 0 Å². The molecule has 0 amide bonds. The molecule has 0 N–H and O–H groups in total. The van der Waals surface area contributed by atoms with Crippen molar-refractivity contribution in [3.8, 4) is 0 Å². The molecule has 1 aliphatic heterocycles. The van der Waals surface area contributed by atoms with Gasteiger partial charge in [-0.15, -0.1) is 0 Å². The van der Waals surface area contributed by atoms with Crippen molar-refractivity contribution in [2.75, 3.05) is 6.61 Å². The van der Waals surface area contributed by atoms with Gasteiger partial charge in [-0.25, -0.2) is 0 Å². The molecule has 1 heterocycles. The number of rotatable bonds is 5. The first-order valence-corrected chi connectivity index (χ1v) is 5.02. The molecule has 2 unspecified atom stereocenters. The van der Waals surface area contributed by atoms with Crippen molar-refractivity contribution in [3.63, 3.8) is 0 Å². The van der Waals surface area contributed by atoms with Crippen molar-refractivity contribution in [2.24, 2.45) is 4.99 Å². The predicted octanol–water partition coefficient (Wildman–Crippen LogP) is 1.07. The van der Waals surface area contributed by atoms with Crippen molar-refractivity contribution in [3.05, 3.63) is 35.9 Å². The van der Waals surface area contributed by atoms with Crippen LogP contribution in [0.4, 0.5) is 0 Å². The molecular formula is C11H12BNO2. The third kappa shape index (κ3) is 3.10. The number of ether oxygens (including phenoxy) is 1. The van der Waals surface area contributed by atoms with Gasteiger partial charge < -0.3 is 0 Å². The van der Waals surface area contributed by atoms with Crippen molar-refractivity contribution >= 4 is 13.3 Å². The van der Waals surface area contributed by atoms with Gasteiger partial charge in [-0.1, -0.05) is 0 Å². The van der Waals surface area contributed by atoms with Crippen LogP contribution >= 0.6 is 0 Å². The van der Waals surface area contributed by atoms with Crippen LogP contribution in [-0.2, 0) is 15.9 Å². The zero-order chi connectivity index (χ0) is 10.5. The molecular weight excluding hydrogens is 189 g/mol. The zero-order valence-corrected chi connectivity index (χ0v) is 8.37. The number of benzene rings is 1. The van der Waals surface area contributed by atoms with E-state index in [9.17, 15) is 4.70 Å². The van der Waals surface area contributed by atoms with Crippen LogP contribution in [0.5, 0.6) is 0 Å². The Labute approximate surface area is 89.4 Å². The Morgan fingerprint density at radius 3 is 2.87 bits per heavy atom. The average molecular weight is 201 g/mol. The molecule has 15 heavy (non-hydrogen) atoms. The van der Waals surface area contributed by atoms with Gasteiger partial charge in [-0.3, -0.25) is 0 Å². The topological polar surface area (TPSA) is 42.0 Å². The number of epoxide rings is 1. The Morgan fingerprint density at radius 2 is 2.27 bits per heavy atom. The molecule has 1 aromatic carbocycles. The second-order valence-electron chi connectivity index (χ2n) is 3.56. The van der Waals surface area contributed by atoms with Crippen LogP contribution in [0.15, 0.2) is 35.3 Å². The number of nitrogens with zero attached hydrogens (tertiary/aromatic N) is 1. The molecule has 0 saturated carbocycles. The standard InChI is InChI=1S/C11H12BNO2/c14-12-8-13-10(11-7-15-11)6-9-4-2-1-3-5-9/h1-5,8,10-11H,6-7H2/b13-8+. The van der Waals surface area contributed by atoms with E-state index in [1.165, 1.54) is 11.7 Å². The molecule has 1 aromatic rings. The van der Waals surface area contributed by atoms with Gasteiger partial charge in [0.05, 0.1) is 0 Å². The van der Waals surface area contributed by atoms with E-state index < -0.39 is 0 Å². The molecule has 0 aromatic heterocycles. The molecule has 0 radical (unpaired) electrons. The minimum atomic E-state index is 0.0811. The van der Waals surface area contributed by atoms with E-state index in [4.69, 9.17) is 4.74 Å². The summed E-state index contributed by atoms with van der Waals surface area (Å²) in [6, 6.07) is 10.2. The van der Waals surface area contributed by atoms with E-state index in [1.807, 2.05) is 18.2 Å². The van der Waals surface area contributed by atoms with Gasteiger partial charge in [-0.2, -0.15) is 0 Å². The van der Waals surface area contributed by atoms with E-state index in [1.54, 1.807) is 0 Å². The van der Waals surface area contributed by atoms with Gasteiger partial charge in [0.1, 0.15) is 0 Å². The van der Waals surface area contributed by atoms with Gasteiger partial charge in [0.15, 0.2) is 0 Å². The van der Waals surface area contributed by atoms with E-state index in [0.717, 1.165) is 13.0 Å². The molecule has 0 aliphatic carbocycles. The van der Waals surface area contributed by atoms with Crippen LogP contribution in [0.3, 0.4) is 0 Å². The van der Waals surface area contributed by atoms with Gasteiger partial charge >= 0.3 is 88.8 Å². The summed E-state index contributed by atoms with van der Waals surface area (Å²) in [5.74, 6) is 0. The summed E-state index contributed by atoms with van der Waals surface area (Å²) in [7, 11) is 0.709. The third-order valence-corrected chi connectivity index (χ3v) is 2.41. The fourth-order valence-electron chi connectivity index (χ4n) is 1.56. The first kappa shape index (κ1) is 10.2. The SMILES string of the molecule is O=B/C=N/C(Cc1ccccc1)C1CO1. The Hall–Kier alpha value is -1.29. The van der Waals surface area contributed by atoms with Crippen LogP contribution in [0.1, 0.15) is 5.56 Å². The van der Waals surface area contributed by atoms with Gasteiger partial charge in [0.2, 0.25) is 0 Å². The second kappa shape index (κ2) is 4.98. The Bertz CT molecular complexity index is 349. The molecule has 76 valence electrons. The van der Waals surface area contributed by atoms with Gasteiger partial charge in [0, 0.05) is 0 Å². The molecule has 0 bridgehead atoms. The summed E-state index contributed by atoms with van der Waals surface area (Å²) in [5.41, 5.74) is 1.22. The molecule has 4 heteroatoms. The molecule has 1 aliphatic rings. The monoisotopic (exact) mass is 201 g/mol. The van der Waals surface area contributed by atoms with Crippen LogP contribution in [-0.4, -0.2) is 32.0 Å². The van der Waals surface area contributed by atoms with Crippen LogP contribution in [0.25, 0.3) is 0 Å². The molecule has 1 saturated heterocycles. The van der Waals surface area contributed by atoms with Crippen molar-refractivity contribution in [2.45, 2.75) is 18.6 Å². The maximum absolute atomic E-state index is 10.2. The van der Waals surface area contributed by atoms with Crippen molar-refractivity contribution in [1.82, 2.24) is 0 Å². The molecule has 0 spiro atoms. The van der Waals surface area contributed by atoms with Crippen molar-refractivity contribution < 1.29 is 9.44 Å². The van der Waals surface area contributed by atoms with Crippen LogP contribution in [0.2, 0.25) is 0 Å². The summed E-state index contributed by atoms with van der Waals surface area (Å²) in [4.78, 5) is 4.18. The Kier molecular flexibility index (Phi) is 3.40. The maximum atomic E-state index is 10.2. The molecule has 2 rings (SSSR count).